The van der Waals surface area contributed by atoms with Gasteiger partial charge in [-0.25, -0.2) is 0 Å². The Morgan fingerprint density at radius 1 is 1.19 bits per heavy atom. The monoisotopic (exact) mass is 520 g/mol. The van der Waals surface area contributed by atoms with Crippen LogP contribution in [0.5, 0.6) is 5.75 Å². The van der Waals surface area contributed by atoms with E-state index in [1.807, 2.05) is 12.1 Å². The molecular weight excluding hydrogens is 502 g/mol. The van der Waals surface area contributed by atoms with Crippen LogP contribution in [0.25, 0.3) is 0 Å². The van der Waals surface area contributed by atoms with Gasteiger partial charge in [0.15, 0.2) is 6.61 Å². The molecule has 1 atom stereocenters. The minimum absolute atomic E-state index is 0.166. The van der Waals surface area contributed by atoms with Gasteiger partial charge in [-0.05, 0) is 71.5 Å². The van der Waals surface area contributed by atoms with Gasteiger partial charge in [-0.2, -0.15) is 0 Å². The Bertz CT molecular complexity index is 815. The fraction of sp³-hybridized carbons (Fsp3) is 0.263. The van der Waals surface area contributed by atoms with E-state index in [1.54, 1.807) is 37.3 Å². The van der Waals surface area contributed by atoms with Crippen molar-refractivity contribution in [3.8, 4) is 5.75 Å². The van der Waals surface area contributed by atoms with Gasteiger partial charge in [0.05, 0.1) is 0 Å². The third kappa shape index (κ3) is 6.26. The van der Waals surface area contributed by atoms with Crippen LogP contribution in [0.1, 0.15) is 12.5 Å². The van der Waals surface area contributed by atoms with Gasteiger partial charge in [0.2, 0.25) is 5.91 Å². The summed E-state index contributed by atoms with van der Waals surface area (Å²) in [4.78, 5) is 26.3. The van der Waals surface area contributed by atoms with Crippen LogP contribution in [-0.2, 0) is 16.1 Å². The minimum Gasteiger partial charge on any atom is -0.484 e. The molecule has 0 radical (unpaired) electrons. The molecular formula is C19H19Cl2IN2O3. The number of amides is 2. The van der Waals surface area contributed by atoms with Crippen LogP contribution in [0.15, 0.2) is 42.5 Å². The molecule has 0 saturated heterocycles. The first-order valence-corrected chi connectivity index (χ1v) is 9.98. The van der Waals surface area contributed by atoms with E-state index in [0.29, 0.717) is 21.4 Å². The van der Waals surface area contributed by atoms with Gasteiger partial charge < -0.3 is 15.0 Å². The lowest BCUT2D eigenvalue weighted by Gasteiger charge is -2.28. The van der Waals surface area contributed by atoms with Crippen molar-refractivity contribution in [3.05, 3.63) is 61.6 Å². The Labute approximate surface area is 182 Å². The van der Waals surface area contributed by atoms with Crippen LogP contribution in [-0.4, -0.2) is 36.4 Å². The van der Waals surface area contributed by atoms with Crippen molar-refractivity contribution in [1.29, 1.82) is 0 Å². The molecule has 27 heavy (non-hydrogen) atoms. The average molecular weight is 521 g/mol. The van der Waals surface area contributed by atoms with Crippen LogP contribution >= 0.6 is 45.8 Å². The zero-order valence-corrected chi connectivity index (χ0v) is 18.5. The minimum atomic E-state index is -0.686. The van der Waals surface area contributed by atoms with Gasteiger partial charge in [0, 0.05) is 27.2 Å². The summed E-state index contributed by atoms with van der Waals surface area (Å²) in [5, 5.41) is 3.50. The second-order valence-corrected chi connectivity index (χ2v) is 7.88. The van der Waals surface area contributed by atoms with Crippen molar-refractivity contribution < 1.29 is 14.3 Å². The molecule has 0 fully saturated rings. The first-order valence-electron chi connectivity index (χ1n) is 8.15. The number of likely N-dealkylation sites (N-methyl/N-ethyl adjacent to an activating group) is 1. The highest BCUT2D eigenvalue weighted by Crippen LogP contribution is 2.23. The number of nitrogens with zero attached hydrogens (tertiary/aromatic N) is 1. The summed E-state index contributed by atoms with van der Waals surface area (Å²) in [5.74, 6) is -0.0146. The van der Waals surface area contributed by atoms with Crippen LogP contribution in [0.3, 0.4) is 0 Å². The summed E-state index contributed by atoms with van der Waals surface area (Å²) in [6.07, 6.45) is 0. The van der Waals surface area contributed by atoms with Crippen molar-refractivity contribution in [2.45, 2.75) is 19.5 Å². The molecule has 2 aromatic carbocycles. The van der Waals surface area contributed by atoms with Crippen molar-refractivity contribution >= 4 is 57.6 Å². The van der Waals surface area contributed by atoms with E-state index in [-0.39, 0.29) is 25.0 Å². The number of carbonyl (C=O) groups excluding carboxylic acids is 2. The lowest BCUT2D eigenvalue weighted by molar-refractivity contribution is -0.142. The third-order valence-electron chi connectivity index (χ3n) is 3.95. The Kier molecular flexibility index (Phi) is 8.19. The quantitative estimate of drug-likeness (QED) is 0.558. The number of hydrogen-bond acceptors (Lipinski definition) is 3. The molecule has 0 aliphatic rings. The van der Waals surface area contributed by atoms with Crippen molar-refractivity contribution in [2.75, 3.05) is 13.7 Å². The fourth-order valence-corrected chi connectivity index (χ4v) is 3.21. The molecule has 2 aromatic rings. The molecule has 1 unspecified atom stereocenters. The zero-order valence-electron chi connectivity index (χ0n) is 14.8. The van der Waals surface area contributed by atoms with Gasteiger partial charge >= 0.3 is 0 Å². The summed E-state index contributed by atoms with van der Waals surface area (Å²) in [7, 11) is 1.53. The molecule has 0 aliphatic heterocycles. The third-order valence-corrected chi connectivity index (χ3v) is 5.25. The maximum absolute atomic E-state index is 12.8. The molecule has 0 spiro atoms. The lowest BCUT2D eigenvalue weighted by Crippen LogP contribution is -2.48. The van der Waals surface area contributed by atoms with E-state index in [2.05, 4.69) is 27.9 Å². The largest absolute Gasteiger partial charge is 0.484 e. The molecule has 1 N–H and O–H groups in total. The predicted molar refractivity (Wildman–Crippen MR) is 115 cm³/mol. The molecule has 0 saturated carbocycles. The van der Waals surface area contributed by atoms with Crippen molar-refractivity contribution in [1.82, 2.24) is 10.2 Å². The average Bonchev–Trinajstić information content (AvgIpc) is 2.65. The Hall–Kier alpha value is -1.51. The summed E-state index contributed by atoms with van der Waals surface area (Å²) in [5.41, 5.74) is 0.694. The van der Waals surface area contributed by atoms with Crippen LogP contribution in [0, 0.1) is 3.57 Å². The normalized spacial score (nSPS) is 11.6. The van der Waals surface area contributed by atoms with Crippen LogP contribution in [0.4, 0.5) is 0 Å². The van der Waals surface area contributed by atoms with E-state index in [4.69, 9.17) is 27.9 Å². The molecule has 0 bridgehead atoms. The predicted octanol–water partition coefficient (Wildman–Crippen LogP) is 4.14. The lowest BCUT2D eigenvalue weighted by atomic mass is 10.1. The van der Waals surface area contributed by atoms with Crippen molar-refractivity contribution in [2.24, 2.45) is 0 Å². The van der Waals surface area contributed by atoms with Gasteiger partial charge in [-0.3, -0.25) is 9.59 Å². The molecule has 5 nitrogen and oxygen atoms in total. The van der Waals surface area contributed by atoms with Crippen molar-refractivity contribution in [3.63, 3.8) is 0 Å². The fourth-order valence-electron chi connectivity index (χ4n) is 2.38. The summed E-state index contributed by atoms with van der Waals surface area (Å²) in [6, 6.07) is 11.7. The summed E-state index contributed by atoms with van der Waals surface area (Å²) < 4.78 is 6.64. The van der Waals surface area contributed by atoms with Crippen LogP contribution < -0.4 is 10.1 Å². The number of halogens is 3. The van der Waals surface area contributed by atoms with E-state index in [0.717, 1.165) is 3.57 Å². The highest BCUT2D eigenvalue weighted by Gasteiger charge is 2.26. The number of rotatable bonds is 7. The van der Waals surface area contributed by atoms with E-state index < -0.39 is 6.04 Å². The van der Waals surface area contributed by atoms with E-state index in [9.17, 15) is 9.59 Å². The maximum atomic E-state index is 12.8. The highest BCUT2D eigenvalue weighted by atomic mass is 127. The summed E-state index contributed by atoms with van der Waals surface area (Å²) >= 11 is 14.3. The maximum Gasteiger partial charge on any atom is 0.261 e. The molecule has 0 aliphatic carbocycles. The topological polar surface area (TPSA) is 58.6 Å². The molecule has 0 heterocycles. The number of ether oxygens (including phenoxy) is 1. The molecule has 2 amide bonds. The first-order chi connectivity index (χ1) is 12.8. The molecule has 144 valence electrons. The van der Waals surface area contributed by atoms with E-state index >= 15 is 0 Å². The number of carbonyl (C=O) groups is 2. The smallest absolute Gasteiger partial charge is 0.261 e. The number of benzene rings is 2. The Balaban J connectivity index is 2.16. The van der Waals surface area contributed by atoms with Crippen LogP contribution in [0.2, 0.25) is 10.0 Å². The van der Waals surface area contributed by atoms with Gasteiger partial charge in [0.1, 0.15) is 11.8 Å². The second kappa shape index (κ2) is 10.1. The Morgan fingerprint density at radius 2 is 1.85 bits per heavy atom. The SMILES string of the molecule is CNC(=O)C(C)N(Cc1ccc(Cl)cc1Cl)C(=O)COc1ccc(I)cc1. The molecule has 8 heteroatoms. The highest BCUT2D eigenvalue weighted by molar-refractivity contribution is 14.1. The van der Waals surface area contributed by atoms with Gasteiger partial charge in [-0.15, -0.1) is 0 Å². The standard InChI is InChI=1S/C19H19Cl2IN2O3/c1-12(19(26)23-2)24(10-13-3-4-14(20)9-17(13)21)18(25)11-27-16-7-5-15(22)6-8-16/h3-9,12H,10-11H2,1-2H3,(H,23,26). The van der Waals surface area contributed by atoms with Gasteiger partial charge in [-0.1, -0.05) is 29.3 Å². The first kappa shape index (κ1) is 21.8. The van der Waals surface area contributed by atoms with E-state index in [1.165, 1.54) is 11.9 Å². The van der Waals surface area contributed by atoms with Gasteiger partial charge in [0.25, 0.3) is 5.91 Å². The zero-order chi connectivity index (χ0) is 20.0. The Morgan fingerprint density at radius 3 is 2.44 bits per heavy atom. The number of hydrogen-bond donors (Lipinski definition) is 1. The second-order valence-electron chi connectivity index (χ2n) is 5.79. The number of nitrogens with one attached hydrogen (secondary N) is 1. The molecule has 0 aromatic heterocycles. The summed E-state index contributed by atoms with van der Waals surface area (Å²) in [6.45, 7) is 1.64. The molecule has 2 rings (SSSR count).